The monoisotopic (exact) mass is 449 g/mol. The van der Waals surface area contributed by atoms with Gasteiger partial charge in [0, 0.05) is 23.9 Å². The number of ether oxygens (including phenoxy) is 2. The molecule has 1 aliphatic rings. The molecule has 0 aliphatic carbocycles. The van der Waals surface area contributed by atoms with Crippen molar-refractivity contribution in [1.29, 1.82) is 0 Å². The number of rotatable bonds is 6. The quantitative estimate of drug-likeness (QED) is 0.590. The van der Waals surface area contributed by atoms with Gasteiger partial charge >= 0.3 is 0 Å². The first kappa shape index (κ1) is 22.4. The van der Waals surface area contributed by atoms with E-state index >= 15 is 0 Å². The van der Waals surface area contributed by atoms with Gasteiger partial charge in [-0.25, -0.2) is 0 Å². The van der Waals surface area contributed by atoms with Crippen LogP contribution in [0, 0.1) is 6.92 Å². The van der Waals surface area contributed by atoms with Crippen LogP contribution in [0.2, 0.25) is 0 Å². The Morgan fingerprint density at radius 3 is 2.45 bits per heavy atom. The van der Waals surface area contributed by atoms with Gasteiger partial charge in [0.25, 0.3) is 11.8 Å². The molecule has 1 N–H and O–H groups in total. The normalized spacial score (nSPS) is 15.7. The number of anilines is 1. The first-order valence-corrected chi connectivity index (χ1v) is 10.9. The average molecular weight is 450 g/mol. The third kappa shape index (κ3) is 4.84. The second kappa shape index (κ2) is 9.77. The minimum Gasteiger partial charge on any atom is -0.497 e. The zero-order valence-electron chi connectivity index (χ0n) is 19.0. The van der Waals surface area contributed by atoms with Crippen LogP contribution in [-0.2, 0) is 0 Å². The molecule has 1 fully saturated rings. The fourth-order valence-corrected chi connectivity index (χ4v) is 4.01. The Bertz CT molecular complexity index is 1140. The summed E-state index contributed by atoms with van der Waals surface area (Å²) in [6.07, 6.45) is 2.62. The zero-order valence-corrected chi connectivity index (χ0v) is 19.0. The van der Waals surface area contributed by atoms with E-state index in [1.165, 1.54) is 0 Å². The van der Waals surface area contributed by atoms with Crippen LogP contribution in [0.1, 0.15) is 57.5 Å². The average Bonchev–Trinajstić information content (AvgIpc) is 3.35. The molecule has 0 saturated carbocycles. The summed E-state index contributed by atoms with van der Waals surface area (Å²) in [4.78, 5) is 27.7. The van der Waals surface area contributed by atoms with Crippen LogP contribution in [0.5, 0.6) is 11.5 Å². The molecule has 0 spiro atoms. The molecule has 0 radical (unpaired) electrons. The van der Waals surface area contributed by atoms with Crippen molar-refractivity contribution in [2.45, 2.75) is 32.2 Å². The van der Waals surface area contributed by atoms with Gasteiger partial charge in [-0.3, -0.25) is 9.59 Å². The summed E-state index contributed by atoms with van der Waals surface area (Å²) in [6.45, 7) is 2.50. The summed E-state index contributed by atoms with van der Waals surface area (Å²) in [7, 11) is 3.18. The molecule has 172 valence electrons. The summed E-state index contributed by atoms with van der Waals surface area (Å²) < 4.78 is 15.9. The number of aryl methyl sites for hydroxylation is 1. The van der Waals surface area contributed by atoms with Gasteiger partial charge in [0.15, 0.2) is 11.5 Å². The molecule has 1 saturated heterocycles. The molecule has 1 atom stereocenters. The lowest BCUT2D eigenvalue weighted by molar-refractivity contribution is 0.0570. The number of carbonyl (C=O) groups excluding carboxylic acids is 2. The van der Waals surface area contributed by atoms with Crippen molar-refractivity contribution in [3.8, 4) is 11.5 Å². The molecule has 0 bridgehead atoms. The van der Waals surface area contributed by atoms with Crippen LogP contribution in [0.3, 0.4) is 0 Å². The molecule has 8 nitrogen and oxygen atoms in total. The van der Waals surface area contributed by atoms with Crippen molar-refractivity contribution >= 4 is 17.5 Å². The predicted octanol–water partition coefficient (Wildman–Crippen LogP) is 4.62. The SMILES string of the molecule is COc1ccc(C(=O)N2CCCCC2c2cc(C(=O)Nc3ccc(OC)cc3C)no2)cc1. The summed E-state index contributed by atoms with van der Waals surface area (Å²) in [5, 5.41) is 6.83. The molecule has 3 aromatic rings. The number of methoxy groups -OCH3 is 2. The van der Waals surface area contributed by atoms with Crippen LogP contribution in [0.25, 0.3) is 0 Å². The summed E-state index contributed by atoms with van der Waals surface area (Å²) >= 11 is 0. The van der Waals surface area contributed by atoms with E-state index in [-0.39, 0.29) is 23.6 Å². The minimum atomic E-state index is -0.373. The zero-order chi connectivity index (χ0) is 23.4. The van der Waals surface area contributed by atoms with E-state index in [0.29, 0.717) is 35.1 Å². The van der Waals surface area contributed by atoms with E-state index in [9.17, 15) is 9.59 Å². The maximum absolute atomic E-state index is 13.2. The number of nitrogens with zero attached hydrogens (tertiary/aromatic N) is 2. The highest BCUT2D eigenvalue weighted by Gasteiger charge is 2.32. The third-order valence-electron chi connectivity index (χ3n) is 5.87. The van der Waals surface area contributed by atoms with Crippen molar-refractivity contribution < 1.29 is 23.6 Å². The van der Waals surface area contributed by atoms with Crippen molar-refractivity contribution in [3.05, 3.63) is 71.1 Å². The van der Waals surface area contributed by atoms with E-state index in [0.717, 1.165) is 24.8 Å². The van der Waals surface area contributed by atoms with Crippen LogP contribution in [0.4, 0.5) is 5.69 Å². The Hall–Kier alpha value is -3.81. The second-order valence-electron chi connectivity index (χ2n) is 7.99. The number of likely N-dealkylation sites (tertiary alicyclic amines) is 1. The van der Waals surface area contributed by atoms with Gasteiger partial charge < -0.3 is 24.2 Å². The Labute approximate surface area is 192 Å². The van der Waals surface area contributed by atoms with Gasteiger partial charge in [-0.2, -0.15) is 0 Å². The lowest BCUT2D eigenvalue weighted by atomic mass is 9.98. The first-order valence-electron chi connectivity index (χ1n) is 10.9. The molecule has 33 heavy (non-hydrogen) atoms. The lowest BCUT2D eigenvalue weighted by Crippen LogP contribution is -2.38. The fourth-order valence-electron chi connectivity index (χ4n) is 4.01. The maximum atomic E-state index is 13.2. The topological polar surface area (TPSA) is 93.9 Å². The van der Waals surface area contributed by atoms with E-state index in [1.54, 1.807) is 61.6 Å². The first-order chi connectivity index (χ1) is 16.0. The Balaban J connectivity index is 1.50. The minimum absolute atomic E-state index is 0.0846. The standard InChI is InChI=1S/C25H27N3O5/c1-16-14-19(32-3)11-12-20(16)26-24(29)21-15-23(33-27-21)22-6-4-5-13-28(22)25(30)17-7-9-18(31-2)10-8-17/h7-12,14-15,22H,4-6,13H2,1-3H3,(H,26,29). The fraction of sp³-hybridized carbons (Fsp3) is 0.320. The molecule has 1 aliphatic heterocycles. The number of hydrogen-bond donors (Lipinski definition) is 1. The van der Waals surface area contributed by atoms with Crippen LogP contribution < -0.4 is 14.8 Å². The lowest BCUT2D eigenvalue weighted by Gasteiger charge is -2.34. The van der Waals surface area contributed by atoms with Crippen molar-refractivity contribution in [3.63, 3.8) is 0 Å². The highest BCUT2D eigenvalue weighted by atomic mass is 16.5. The molecule has 8 heteroatoms. The highest BCUT2D eigenvalue weighted by Crippen LogP contribution is 2.33. The molecule has 2 aromatic carbocycles. The van der Waals surface area contributed by atoms with Gasteiger partial charge in [-0.05, 0) is 74.2 Å². The molecular formula is C25H27N3O5. The van der Waals surface area contributed by atoms with E-state index in [1.807, 2.05) is 13.0 Å². The predicted molar refractivity (Wildman–Crippen MR) is 123 cm³/mol. The van der Waals surface area contributed by atoms with Crippen LogP contribution in [-0.4, -0.2) is 42.6 Å². The van der Waals surface area contributed by atoms with Crippen LogP contribution >= 0.6 is 0 Å². The molecule has 2 heterocycles. The van der Waals surface area contributed by atoms with Crippen molar-refractivity contribution in [2.24, 2.45) is 0 Å². The Morgan fingerprint density at radius 2 is 1.76 bits per heavy atom. The maximum Gasteiger partial charge on any atom is 0.277 e. The van der Waals surface area contributed by atoms with E-state index in [4.69, 9.17) is 14.0 Å². The number of benzene rings is 2. The van der Waals surface area contributed by atoms with E-state index < -0.39 is 0 Å². The number of hydrogen-bond acceptors (Lipinski definition) is 6. The number of nitrogens with one attached hydrogen (secondary N) is 1. The third-order valence-corrected chi connectivity index (χ3v) is 5.87. The number of piperidine rings is 1. The Kier molecular flexibility index (Phi) is 6.63. The summed E-state index contributed by atoms with van der Waals surface area (Å²) in [5.74, 6) is 1.46. The number of amides is 2. The molecular weight excluding hydrogens is 422 g/mol. The smallest absolute Gasteiger partial charge is 0.277 e. The Morgan fingerprint density at radius 1 is 1.03 bits per heavy atom. The number of carbonyl (C=O) groups is 2. The highest BCUT2D eigenvalue weighted by molar-refractivity contribution is 6.03. The van der Waals surface area contributed by atoms with Gasteiger partial charge in [-0.1, -0.05) is 5.16 Å². The molecule has 1 unspecified atom stereocenters. The van der Waals surface area contributed by atoms with Crippen molar-refractivity contribution in [2.75, 3.05) is 26.1 Å². The summed E-state index contributed by atoms with van der Waals surface area (Å²) in [5.41, 5.74) is 2.28. The second-order valence-corrected chi connectivity index (χ2v) is 7.99. The van der Waals surface area contributed by atoms with Gasteiger partial charge in [0.1, 0.15) is 11.5 Å². The van der Waals surface area contributed by atoms with Gasteiger partial charge in [-0.15, -0.1) is 0 Å². The molecule has 2 amide bonds. The van der Waals surface area contributed by atoms with Crippen LogP contribution in [0.15, 0.2) is 53.1 Å². The van der Waals surface area contributed by atoms with Crippen molar-refractivity contribution in [1.82, 2.24) is 10.1 Å². The summed E-state index contributed by atoms with van der Waals surface area (Å²) in [6, 6.07) is 13.8. The van der Waals surface area contributed by atoms with Gasteiger partial charge in [0.2, 0.25) is 0 Å². The molecule has 4 rings (SSSR count). The van der Waals surface area contributed by atoms with Gasteiger partial charge in [0.05, 0.1) is 20.3 Å². The largest absolute Gasteiger partial charge is 0.497 e. The number of aromatic nitrogens is 1. The molecule has 1 aromatic heterocycles. The van der Waals surface area contributed by atoms with E-state index in [2.05, 4.69) is 10.5 Å².